The van der Waals surface area contributed by atoms with Gasteiger partial charge >= 0.3 is 5.97 Å². The maximum atomic E-state index is 10.6. The lowest BCUT2D eigenvalue weighted by Gasteiger charge is -2.15. The van der Waals surface area contributed by atoms with Gasteiger partial charge in [-0.3, -0.25) is 4.79 Å². The summed E-state index contributed by atoms with van der Waals surface area (Å²) in [6, 6.07) is 2.59. The minimum atomic E-state index is -0.931. The van der Waals surface area contributed by atoms with Crippen molar-refractivity contribution in [3.8, 4) is 5.75 Å². The zero-order valence-corrected chi connectivity index (χ0v) is 10.0. The zero-order valence-electron chi connectivity index (χ0n) is 8.50. The van der Waals surface area contributed by atoms with Gasteiger partial charge in [0.25, 0.3) is 0 Å². The van der Waals surface area contributed by atoms with Gasteiger partial charge in [-0.2, -0.15) is 0 Å². The highest BCUT2D eigenvalue weighted by Crippen LogP contribution is 2.35. The molecule has 0 amide bonds. The summed E-state index contributed by atoms with van der Waals surface area (Å²) in [7, 11) is 1.64. The third kappa shape index (κ3) is 3.01. The molecular formula is C10H11Cl2NO3. The van der Waals surface area contributed by atoms with Crippen LogP contribution >= 0.6 is 23.2 Å². The Morgan fingerprint density at radius 3 is 2.31 bits per heavy atom. The smallest absolute Gasteiger partial charge is 0.305 e. The van der Waals surface area contributed by atoms with E-state index in [0.29, 0.717) is 5.56 Å². The molecule has 1 atom stereocenters. The van der Waals surface area contributed by atoms with Gasteiger partial charge in [-0.1, -0.05) is 23.2 Å². The van der Waals surface area contributed by atoms with Crippen LogP contribution in [-0.4, -0.2) is 23.2 Å². The highest BCUT2D eigenvalue weighted by atomic mass is 35.5. The first-order chi connectivity index (χ1) is 7.45. The van der Waals surface area contributed by atoms with Gasteiger partial charge in [-0.05, 0) is 24.7 Å². The molecule has 1 rings (SSSR count). The quantitative estimate of drug-likeness (QED) is 0.781. The van der Waals surface area contributed by atoms with Gasteiger partial charge in [0.15, 0.2) is 5.75 Å². The van der Waals surface area contributed by atoms with Crippen LogP contribution in [0.5, 0.6) is 5.75 Å². The summed E-state index contributed by atoms with van der Waals surface area (Å²) in [6.45, 7) is 0. The highest BCUT2D eigenvalue weighted by molar-refractivity contribution is 6.37. The number of aromatic hydroxyl groups is 1. The molecule has 0 bridgehead atoms. The minimum absolute atomic E-state index is 0.0894. The van der Waals surface area contributed by atoms with E-state index in [-0.39, 0.29) is 22.2 Å². The molecule has 1 aromatic carbocycles. The second-order valence-electron chi connectivity index (χ2n) is 3.27. The van der Waals surface area contributed by atoms with E-state index in [1.165, 1.54) is 12.1 Å². The lowest BCUT2D eigenvalue weighted by atomic mass is 10.0. The lowest BCUT2D eigenvalue weighted by molar-refractivity contribution is -0.137. The zero-order chi connectivity index (χ0) is 12.3. The number of phenols is 1. The maximum absolute atomic E-state index is 10.6. The van der Waals surface area contributed by atoms with E-state index in [4.69, 9.17) is 28.3 Å². The largest absolute Gasteiger partial charge is 0.505 e. The minimum Gasteiger partial charge on any atom is -0.505 e. The second kappa shape index (κ2) is 5.39. The maximum Gasteiger partial charge on any atom is 0.305 e. The average molecular weight is 264 g/mol. The second-order valence-corrected chi connectivity index (χ2v) is 4.09. The molecule has 3 N–H and O–H groups in total. The van der Waals surface area contributed by atoms with Crippen LogP contribution in [0.3, 0.4) is 0 Å². The van der Waals surface area contributed by atoms with Crippen molar-refractivity contribution in [1.82, 2.24) is 5.32 Å². The van der Waals surface area contributed by atoms with Crippen molar-refractivity contribution in [1.29, 1.82) is 0 Å². The van der Waals surface area contributed by atoms with Gasteiger partial charge in [0.2, 0.25) is 0 Å². The first-order valence-electron chi connectivity index (χ1n) is 4.52. The number of carboxylic acid groups (broad SMARTS) is 1. The van der Waals surface area contributed by atoms with Crippen molar-refractivity contribution in [2.24, 2.45) is 0 Å². The molecule has 0 heterocycles. The van der Waals surface area contributed by atoms with E-state index in [1.54, 1.807) is 7.05 Å². The Bertz CT molecular complexity index is 386. The third-order valence-corrected chi connectivity index (χ3v) is 2.75. The van der Waals surface area contributed by atoms with Gasteiger partial charge in [-0.15, -0.1) is 0 Å². The number of aliphatic carboxylic acids is 1. The molecule has 0 spiro atoms. The Morgan fingerprint density at radius 1 is 1.44 bits per heavy atom. The molecule has 6 heteroatoms. The molecule has 0 fully saturated rings. The van der Waals surface area contributed by atoms with Crippen LogP contribution in [0.15, 0.2) is 12.1 Å². The van der Waals surface area contributed by atoms with E-state index in [2.05, 4.69) is 5.32 Å². The van der Waals surface area contributed by atoms with Crippen LogP contribution in [-0.2, 0) is 4.79 Å². The molecule has 0 radical (unpaired) electrons. The Kier molecular flexibility index (Phi) is 4.41. The van der Waals surface area contributed by atoms with Crippen LogP contribution in [0.4, 0.5) is 0 Å². The van der Waals surface area contributed by atoms with E-state index in [0.717, 1.165) is 0 Å². The number of benzene rings is 1. The number of rotatable bonds is 4. The third-order valence-electron chi connectivity index (χ3n) is 2.17. The number of phenolic OH excluding ortho intramolecular Hbond substituents is 1. The summed E-state index contributed by atoms with van der Waals surface area (Å²) in [5, 5.41) is 21.1. The molecular weight excluding hydrogens is 253 g/mol. The Morgan fingerprint density at radius 2 is 1.94 bits per heavy atom. The SMILES string of the molecule is CNC(CC(=O)O)c1cc(Cl)c(O)c(Cl)c1. The molecule has 1 unspecified atom stereocenters. The summed E-state index contributed by atoms with van der Waals surface area (Å²) in [6.07, 6.45) is -0.0894. The standard InChI is InChI=1S/C10H11Cl2NO3/c1-13-8(4-9(14)15)5-2-6(11)10(16)7(12)3-5/h2-3,8,13,16H,4H2,1H3,(H,14,15). The topological polar surface area (TPSA) is 69.6 Å². The number of halogens is 2. The van der Waals surface area contributed by atoms with Gasteiger partial charge in [0, 0.05) is 6.04 Å². The number of hydrogen-bond acceptors (Lipinski definition) is 3. The molecule has 0 aliphatic carbocycles. The van der Waals surface area contributed by atoms with E-state index < -0.39 is 12.0 Å². The van der Waals surface area contributed by atoms with Gasteiger partial charge in [0.1, 0.15) is 0 Å². The Hall–Kier alpha value is -0.970. The first kappa shape index (κ1) is 13.1. The predicted octanol–water partition coefficient (Wildman–Crippen LogP) is 2.43. The number of hydrogen-bond donors (Lipinski definition) is 3. The summed E-state index contributed by atoms with van der Waals surface area (Å²) in [4.78, 5) is 10.6. The van der Waals surface area contributed by atoms with Crippen LogP contribution in [0, 0.1) is 0 Å². The molecule has 4 nitrogen and oxygen atoms in total. The number of carbonyl (C=O) groups is 1. The number of carboxylic acids is 1. The van der Waals surface area contributed by atoms with Crippen LogP contribution in [0.25, 0.3) is 0 Å². The Balaban J connectivity index is 3.06. The van der Waals surface area contributed by atoms with Crippen molar-refractivity contribution < 1.29 is 15.0 Å². The predicted molar refractivity (Wildman–Crippen MR) is 62.2 cm³/mol. The normalized spacial score (nSPS) is 12.4. The van der Waals surface area contributed by atoms with Crippen molar-refractivity contribution in [2.45, 2.75) is 12.5 Å². The summed E-state index contributed by atoms with van der Waals surface area (Å²) in [5.41, 5.74) is 0.623. The van der Waals surface area contributed by atoms with Crippen molar-refractivity contribution >= 4 is 29.2 Å². The van der Waals surface area contributed by atoms with Crippen LogP contribution in [0.2, 0.25) is 10.0 Å². The fraction of sp³-hybridized carbons (Fsp3) is 0.300. The van der Waals surface area contributed by atoms with Gasteiger partial charge in [0.05, 0.1) is 16.5 Å². The Labute approximate surface area is 103 Å². The van der Waals surface area contributed by atoms with Crippen LogP contribution < -0.4 is 5.32 Å². The van der Waals surface area contributed by atoms with Crippen molar-refractivity contribution in [2.75, 3.05) is 7.05 Å². The molecule has 88 valence electrons. The lowest BCUT2D eigenvalue weighted by Crippen LogP contribution is -2.19. The molecule has 0 aliphatic rings. The van der Waals surface area contributed by atoms with Crippen molar-refractivity contribution in [3.63, 3.8) is 0 Å². The van der Waals surface area contributed by atoms with E-state index >= 15 is 0 Å². The van der Waals surface area contributed by atoms with E-state index in [1.807, 2.05) is 0 Å². The monoisotopic (exact) mass is 263 g/mol. The average Bonchev–Trinajstić information content (AvgIpc) is 2.21. The van der Waals surface area contributed by atoms with E-state index in [9.17, 15) is 9.90 Å². The van der Waals surface area contributed by atoms with Gasteiger partial charge < -0.3 is 15.5 Å². The van der Waals surface area contributed by atoms with Crippen molar-refractivity contribution in [3.05, 3.63) is 27.7 Å². The molecule has 0 saturated heterocycles. The summed E-state index contributed by atoms with van der Waals surface area (Å²) in [5.74, 6) is -1.13. The molecule has 0 aromatic heterocycles. The fourth-order valence-electron chi connectivity index (χ4n) is 1.35. The summed E-state index contributed by atoms with van der Waals surface area (Å²) >= 11 is 11.5. The number of nitrogens with one attached hydrogen (secondary N) is 1. The fourth-order valence-corrected chi connectivity index (χ4v) is 1.85. The first-order valence-corrected chi connectivity index (χ1v) is 5.28. The molecule has 16 heavy (non-hydrogen) atoms. The van der Waals surface area contributed by atoms with Gasteiger partial charge in [-0.25, -0.2) is 0 Å². The highest BCUT2D eigenvalue weighted by Gasteiger charge is 2.16. The van der Waals surface area contributed by atoms with Crippen LogP contribution in [0.1, 0.15) is 18.0 Å². The molecule has 0 aliphatic heterocycles. The summed E-state index contributed by atoms with van der Waals surface area (Å²) < 4.78 is 0. The molecule has 1 aromatic rings. The molecule has 0 saturated carbocycles.